The normalized spacial score (nSPS) is 16.1. The van der Waals surface area contributed by atoms with Crippen molar-refractivity contribution in [3.05, 3.63) is 143 Å². The van der Waals surface area contributed by atoms with Gasteiger partial charge in [-0.1, -0.05) is 97.1 Å². The van der Waals surface area contributed by atoms with E-state index in [1.54, 1.807) is 82.6 Å². The summed E-state index contributed by atoms with van der Waals surface area (Å²) in [5, 5.41) is 5.66. The average Bonchev–Trinajstić information content (AvgIpc) is 3.10. The summed E-state index contributed by atoms with van der Waals surface area (Å²) < 4.78 is 93.4. The fourth-order valence-electron chi connectivity index (χ4n) is 6.39. The molecule has 2 aliphatic heterocycles. The summed E-state index contributed by atoms with van der Waals surface area (Å²) in [7, 11) is 0. The van der Waals surface area contributed by atoms with Crippen LogP contribution in [-0.2, 0) is 21.8 Å². The number of amides is 4. The number of urea groups is 2. The largest absolute Gasteiger partial charge is 0.416 e. The number of hydrogen-bond donors (Lipinski definition) is 2. The van der Waals surface area contributed by atoms with Gasteiger partial charge in [0.05, 0.1) is 49.5 Å². The molecule has 14 heteroatoms. The lowest BCUT2D eigenvalue weighted by Crippen LogP contribution is -2.60. The van der Waals surface area contributed by atoms with E-state index in [0.717, 1.165) is 12.1 Å². The number of halogens is 6. The van der Waals surface area contributed by atoms with Crippen LogP contribution in [0.5, 0.6) is 0 Å². The smallest absolute Gasteiger partial charge is 0.362 e. The molecule has 2 heterocycles. The van der Waals surface area contributed by atoms with E-state index >= 15 is 0 Å². The molecule has 306 valence electrons. The molecule has 6 rings (SSSR count). The molecule has 2 aliphatic rings. The highest BCUT2D eigenvalue weighted by atomic mass is 19.4. The topological polar surface area (TPSA) is 83.1 Å². The summed E-state index contributed by atoms with van der Waals surface area (Å²) in [5.41, 5.74) is -0.351. The number of ether oxygens (including phenoxy) is 2. The predicted molar refractivity (Wildman–Crippen MR) is 204 cm³/mol. The molecule has 2 atom stereocenters. The molecule has 0 aromatic heterocycles. The van der Waals surface area contributed by atoms with Gasteiger partial charge in [0, 0.05) is 11.6 Å². The summed E-state index contributed by atoms with van der Waals surface area (Å²) in [5.74, 6) is 0. The molecule has 8 nitrogen and oxygen atoms in total. The van der Waals surface area contributed by atoms with Crippen molar-refractivity contribution in [3.8, 4) is 0 Å². The van der Waals surface area contributed by atoms with Crippen molar-refractivity contribution in [1.82, 2.24) is 20.4 Å². The first-order chi connectivity index (χ1) is 26.8. The van der Waals surface area contributed by atoms with Crippen molar-refractivity contribution < 1.29 is 45.4 Å². The maximum absolute atomic E-state index is 13.6. The Labute approximate surface area is 329 Å². The van der Waals surface area contributed by atoms with Gasteiger partial charge >= 0.3 is 24.4 Å². The number of rotatable bonds is 9. The van der Waals surface area contributed by atoms with Gasteiger partial charge in [-0.2, -0.15) is 26.3 Å². The molecule has 4 aromatic carbocycles. The van der Waals surface area contributed by atoms with Crippen LogP contribution in [-0.4, -0.2) is 71.8 Å². The van der Waals surface area contributed by atoms with Crippen molar-refractivity contribution in [3.63, 3.8) is 0 Å². The van der Waals surface area contributed by atoms with Crippen LogP contribution < -0.4 is 10.6 Å². The van der Waals surface area contributed by atoms with Gasteiger partial charge in [-0.15, -0.1) is 0 Å². The fraction of sp³-hybridized carbons (Fsp3) is 0.395. The molecule has 0 aliphatic carbocycles. The maximum Gasteiger partial charge on any atom is 0.416 e. The quantitative estimate of drug-likeness (QED) is 0.165. The molecule has 2 N–H and O–H groups in total. The molecule has 2 unspecified atom stereocenters. The summed E-state index contributed by atoms with van der Waals surface area (Å²) in [4.78, 5) is 27.4. The van der Waals surface area contributed by atoms with E-state index < -0.39 is 35.7 Å². The van der Waals surface area contributed by atoms with Crippen LogP contribution in [0.2, 0.25) is 0 Å². The highest BCUT2D eigenvalue weighted by Gasteiger charge is 2.41. The van der Waals surface area contributed by atoms with Crippen molar-refractivity contribution in [2.75, 3.05) is 26.2 Å². The van der Waals surface area contributed by atoms with Gasteiger partial charge in [0.15, 0.2) is 0 Å². The van der Waals surface area contributed by atoms with Gasteiger partial charge in [-0.3, -0.25) is 0 Å². The second-order valence-electron chi connectivity index (χ2n) is 15.4. The SMILES string of the molecule is CC(C)(C)NC(=O)N1CC(OC(c2ccccc2)c2ccccc2C(F)(F)F)C1.CC(C)NC(=O)N1CC(OC(c2ccccc2)c2ccccc2C(F)(F)F)C1. The molecule has 0 radical (unpaired) electrons. The zero-order valence-electron chi connectivity index (χ0n) is 32.4. The highest BCUT2D eigenvalue weighted by Crippen LogP contribution is 2.40. The number of nitrogens with one attached hydrogen (secondary N) is 2. The van der Waals surface area contributed by atoms with Crippen molar-refractivity contribution in [2.24, 2.45) is 0 Å². The Hall–Kier alpha value is -5.08. The summed E-state index contributed by atoms with van der Waals surface area (Å²) in [6.45, 7) is 10.7. The van der Waals surface area contributed by atoms with E-state index in [1.165, 1.54) is 24.3 Å². The second-order valence-corrected chi connectivity index (χ2v) is 15.4. The molecule has 2 fully saturated rings. The Bertz CT molecular complexity index is 1920. The number of likely N-dealkylation sites (tertiary alicyclic amines) is 2. The van der Waals surface area contributed by atoms with E-state index in [-0.39, 0.29) is 47.0 Å². The van der Waals surface area contributed by atoms with E-state index in [4.69, 9.17) is 9.47 Å². The fourth-order valence-corrected chi connectivity index (χ4v) is 6.39. The van der Waals surface area contributed by atoms with Crippen LogP contribution >= 0.6 is 0 Å². The number of alkyl halides is 6. The minimum absolute atomic E-state index is 0.0169. The van der Waals surface area contributed by atoms with Crippen LogP contribution in [0.3, 0.4) is 0 Å². The van der Waals surface area contributed by atoms with E-state index in [9.17, 15) is 35.9 Å². The molecule has 0 saturated carbocycles. The molecule has 4 aromatic rings. The van der Waals surface area contributed by atoms with Gasteiger partial charge in [0.25, 0.3) is 0 Å². The van der Waals surface area contributed by atoms with Gasteiger partial charge in [0.1, 0.15) is 12.2 Å². The average molecular weight is 799 g/mol. The second kappa shape index (κ2) is 18.0. The Morgan fingerprint density at radius 3 is 1.28 bits per heavy atom. The summed E-state index contributed by atoms with van der Waals surface area (Å²) >= 11 is 0. The van der Waals surface area contributed by atoms with Crippen molar-refractivity contribution in [2.45, 2.75) is 83.0 Å². The predicted octanol–water partition coefficient (Wildman–Crippen LogP) is 9.62. The molecular formula is C43H48F6N4O4. The molecule has 4 amide bonds. The number of carbonyl (C=O) groups excluding carboxylic acids is 2. The van der Waals surface area contributed by atoms with Crippen LogP contribution in [0.15, 0.2) is 109 Å². The lowest BCUT2D eigenvalue weighted by Gasteiger charge is -2.42. The first-order valence-electron chi connectivity index (χ1n) is 18.7. The van der Waals surface area contributed by atoms with Crippen LogP contribution in [0.4, 0.5) is 35.9 Å². The lowest BCUT2D eigenvalue weighted by atomic mass is 9.95. The molecule has 57 heavy (non-hydrogen) atoms. The van der Waals surface area contributed by atoms with Crippen LogP contribution in [0.1, 0.15) is 80.2 Å². The Morgan fingerprint density at radius 2 is 0.930 bits per heavy atom. The standard InChI is InChI=1S/C22H25F3N2O2.C21H23F3N2O2/c1-21(2,3)26-20(28)27-13-16(14-27)29-19(15-9-5-4-6-10-15)17-11-7-8-12-18(17)22(23,24)25;1-14(2)25-20(27)26-12-16(13-26)28-19(15-8-4-3-5-9-15)17-10-6-7-11-18(17)21(22,23)24/h4-12,16,19H,13-14H2,1-3H3,(H,26,28);3-11,14,16,19H,12-13H2,1-2H3,(H,25,27). The van der Waals surface area contributed by atoms with Crippen LogP contribution in [0.25, 0.3) is 0 Å². The van der Waals surface area contributed by atoms with E-state index in [1.807, 2.05) is 34.6 Å². The van der Waals surface area contributed by atoms with Gasteiger partial charge in [-0.05, 0) is 69.0 Å². The zero-order chi connectivity index (χ0) is 41.5. The van der Waals surface area contributed by atoms with E-state index in [0.29, 0.717) is 37.3 Å². The third kappa shape index (κ3) is 11.7. The van der Waals surface area contributed by atoms with Crippen molar-refractivity contribution >= 4 is 12.1 Å². The lowest BCUT2D eigenvalue weighted by molar-refractivity contribution is -0.141. The molecule has 2 saturated heterocycles. The maximum atomic E-state index is 13.6. The zero-order valence-corrected chi connectivity index (χ0v) is 32.4. The van der Waals surface area contributed by atoms with Gasteiger partial charge < -0.3 is 29.9 Å². The Kier molecular flexibility index (Phi) is 13.6. The molecule has 0 bridgehead atoms. The Balaban J connectivity index is 0.000000218. The summed E-state index contributed by atoms with van der Waals surface area (Å²) in [6, 6.07) is 28.2. The molecular weight excluding hydrogens is 750 g/mol. The first-order valence-corrected chi connectivity index (χ1v) is 18.7. The number of nitrogens with zero attached hydrogens (tertiary/aromatic N) is 2. The minimum Gasteiger partial charge on any atom is -0.362 e. The van der Waals surface area contributed by atoms with Crippen LogP contribution in [0, 0.1) is 0 Å². The summed E-state index contributed by atoms with van der Waals surface area (Å²) in [6.07, 6.45) is -11.4. The van der Waals surface area contributed by atoms with Gasteiger partial charge in [0.2, 0.25) is 0 Å². The number of hydrogen-bond acceptors (Lipinski definition) is 4. The highest BCUT2D eigenvalue weighted by molar-refractivity contribution is 5.76. The third-order valence-electron chi connectivity index (χ3n) is 9.12. The van der Waals surface area contributed by atoms with Crippen molar-refractivity contribution in [1.29, 1.82) is 0 Å². The monoisotopic (exact) mass is 798 g/mol. The number of benzene rings is 4. The van der Waals surface area contributed by atoms with E-state index in [2.05, 4.69) is 10.6 Å². The van der Waals surface area contributed by atoms with Gasteiger partial charge in [-0.25, -0.2) is 9.59 Å². The number of carbonyl (C=O) groups is 2. The minimum atomic E-state index is -4.48. The molecule has 0 spiro atoms. The first kappa shape index (κ1) is 43.1. The third-order valence-corrected chi connectivity index (χ3v) is 9.12. The Morgan fingerprint density at radius 1 is 0.579 bits per heavy atom.